The van der Waals surface area contributed by atoms with E-state index in [0.717, 1.165) is 24.6 Å². The van der Waals surface area contributed by atoms with Gasteiger partial charge in [-0.15, -0.1) is 11.8 Å². The van der Waals surface area contributed by atoms with Crippen LogP contribution in [-0.2, 0) is 4.79 Å². The lowest BCUT2D eigenvalue weighted by molar-refractivity contribution is -0.119. The van der Waals surface area contributed by atoms with Gasteiger partial charge in [-0.3, -0.25) is 4.79 Å². The molecule has 1 saturated carbocycles. The van der Waals surface area contributed by atoms with Gasteiger partial charge in [-0.2, -0.15) is 5.26 Å². The van der Waals surface area contributed by atoms with Gasteiger partial charge in [-0.1, -0.05) is 12.1 Å². The molecule has 1 aliphatic rings. The average Bonchev–Trinajstić information content (AvgIpc) is 3.22. The number of halogens is 1. The number of thioether (sulfide) groups is 1. The molecule has 1 aliphatic carbocycles. The Morgan fingerprint density at radius 3 is 2.84 bits per heavy atom. The molecule has 1 aromatic carbocycles. The van der Waals surface area contributed by atoms with Crippen LogP contribution in [0.25, 0.3) is 0 Å². The molecule has 0 unspecified atom stereocenters. The van der Waals surface area contributed by atoms with Crippen molar-refractivity contribution in [1.29, 1.82) is 5.26 Å². The molecule has 1 fully saturated rings. The Bertz CT molecular complexity index is 524. The normalized spacial score (nSPS) is 17.3. The summed E-state index contributed by atoms with van der Waals surface area (Å²) in [7, 11) is 0. The van der Waals surface area contributed by atoms with Gasteiger partial charge in [0.05, 0.1) is 11.8 Å². The van der Waals surface area contributed by atoms with Gasteiger partial charge in [0.15, 0.2) is 0 Å². The van der Waals surface area contributed by atoms with Crippen LogP contribution in [0.1, 0.15) is 19.8 Å². The second-order valence-corrected chi connectivity index (χ2v) is 5.87. The van der Waals surface area contributed by atoms with Crippen LogP contribution in [0, 0.1) is 23.1 Å². The van der Waals surface area contributed by atoms with Crippen molar-refractivity contribution in [3.63, 3.8) is 0 Å². The molecule has 0 heterocycles. The Balaban J connectivity index is 1.88. The minimum absolute atomic E-state index is 0.116. The highest BCUT2D eigenvalue weighted by Gasteiger charge is 2.42. The van der Waals surface area contributed by atoms with Gasteiger partial charge in [-0.25, -0.2) is 4.39 Å². The van der Waals surface area contributed by atoms with E-state index in [9.17, 15) is 9.18 Å². The minimum Gasteiger partial charge on any atom is -0.337 e. The van der Waals surface area contributed by atoms with E-state index in [-0.39, 0.29) is 23.4 Å². The number of nitriles is 1. The molecule has 0 spiro atoms. The van der Waals surface area contributed by atoms with Gasteiger partial charge in [0.1, 0.15) is 11.4 Å². The van der Waals surface area contributed by atoms with Crippen LogP contribution in [0.5, 0.6) is 0 Å². The van der Waals surface area contributed by atoms with Crippen LogP contribution >= 0.6 is 11.8 Å². The molecule has 3 nitrogen and oxygen atoms in total. The highest BCUT2D eigenvalue weighted by molar-refractivity contribution is 8.00. The predicted molar refractivity (Wildman–Crippen MR) is 72.0 cm³/mol. The number of carbonyl (C=O) groups excluding carboxylic acids is 1. The van der Waals surface area contributed by atoms with E-state index in [0.29, 0.717) is 4.90 Å². The lowest BCUT2D eigenvalue weighted by atomic mass is 9.98. The van der Waals surface area contributed by atoms with Gasteiger partial charge in [0.25, 0.3) is 0 Å². The van der Waals surface area contributed by atoms with E-state index in [4.69, 9.17) is 5.26 Å². The van der Waals surface area contributed by atoms with E-state index >= 15 is 0 Å². The number of nitrogens with zero attached hydrogens (tertiary/aromatic N) is 1. The topological polar surface area (TPSA) is 52.9 Å². The zero-order valence-corrected chi connectivity index (χ0v) is 11.5. The molecular weight excluding hydrogens is 263 g/mol. The highest BCUT2D eigenvalue weighted by atomic mass is 32.2. The molecule has 0 bridgehead atoms. The molecule has 1 amide bonds. The third-order valence-electron chi connectivity index (χ3n) is 3.22. The Morgan fingerprint density at radius 1 is 1.58 bits per heavy atom. The Hall–Kier alpha value is -1.54. The summed E-state index contributed by atoms with van der Waals surface area (Å²) in [6, 6.07) is 8.51. The maximum absolute atomic E-state index is 13.4. The van der Waals surface area contributed by atoms with Crippen LogP contribution in [0.2, 0.25) is 0 Å². The summed E-state index contributed by atoms with van der Waals surface area (Å²) in [6.07, 6.45) is 1.95. The predicted octanol–water partition coefficient (Wildman–Crippen LogP) is 2.73. The molecule has 5 heteroatoms. The van der Waals surface area contributed by atoms with Gasteiger partial charge in [0.2, 0.25) is 5.91 Å². The molecule has 100 valence electrons. The molecular formula is C14H15FN2OS. The minimum atomic E-state index is -0.785. The molecule has 0 radical (unpaired) electrons. The fourth-order valence-electron chi connectivity index (χ4n) is 1.91. The molecule has 0 aliphatic heterocycles. The quantitative estimate of drug-likeness (QED) is 0.843. The van der Waals surface area contributed by atoms with Crippen LogP contribution < -0.4 is 5.32 Å². The summed E-state index contributed by atoms with van der Waals surface area (Å²) in [6.45, 7) is 1.75. The van der Waals surface area contributed by atoms with Crippen molar-refractivity contribution in [2.45, 2.75) is 30.2 Å². The first-order chi connectivity index (χ1) is 9.05. The van der Waals surface area contributed by atoms with E-state index in [1.807, 2.05) is 0 Å². The lowest BCUT2D eigenvalue weighted by Gasteiger charge is -2.22. The summed E-state index contributed by atoms with van der Waals surface area (Å²) in [5, 5.41) is 11.9. The molecule has 0 saturated heterocycles. The number of nitrogens with one attached hydrogen (secondary N) is 1. The smallest absolute Gasteiger partial charge is 0.231 e. The van der Waals surface area contributed by atoms with E-state index in [1.165, 1.54) is 6.07 Å². The standard InChI is InChI=1S/C14H15FN2OS/c1-14(9-16,10-6-7-10)17-13(18)8-19-12-5-3-2-4-11(12)15/h2-5,10H,6-8H2,1H3,(H,17,18)/t14-/m1/s1. The number of hydrogen-bond acceptors (Lipinski definition) is 3. The Kier molecular flexibility index (Phi) is 4.11. The summed E-state index contributed by atoms with van der Waals surface area (Å²) in [4.78, 5) is 12.3. The summed E-state index contributed by atoms with van der Waals surface area (Å²) in [5.74, 6) is -0.195. The van der Waals surface area contributed by atoms with Crippen molar-refractivity contribution >= 4 is 17.7 Å². The SMILES string of the molecule is C[C@](C#N)(NC(=O)CSc1ccccc1F)C1CC1. The van der Waals surface area contributed by atoms with Gasteiger partial charge in [0, 0.05) is 4.90 Å². The summed E-state index contributed by atoms with van der Waals surface area (Å²) < 4.78 is 13.4. The van der Waals surface area contributed by atoms with E-state index < -0.39 is 5.54 Å². The van der Waals surface area contributed by atoms with Crippen molar-refractivity contribution in [2.24, 2.45) is 5.92 Å². The summed E-state index contributed by atoms with van der Waals surface area (Å²) >= 11 is 1.14. The second-order valence-electron chi connectivity index (χ2n) is 4.86. The fourth-order valence-corrected chi connectivity index (χ4v) is 2.65. The maximum atomic E-state index is 13.4. The van der Waals surface area contributed by atoms with Gasteiger partial charge in [-0.05, 0) is 37.8 Å². The first-order valence-corrected chi connectivity index (χ1v) is 7.13. The van der Waals surface area contributed by atoms with Crippen molar-refractivity contribution in [3.8, 4) is 6.07 Å². The maximum Gasteiger partial charge on any atom is 0.231 e. The Labute approximate surface area is 116 Å². The van der Waals surface area contributed by atoms with Crippen molar-refractivity contribution in [3.05, 3.63) is 30.1 Å². The van der Waals surface area contributed by atoms with Crippen LogP contribution in [0.3, 0.4) is 0 Å². The zero-order chi connectivity index (χ0) is 13.9. The molecule has 1 N–H and O–H groups in total. The number of benzene rings is 1. The number of rotatable bonds is 5. The lowest BCUT2D eigenvalue weighted by Crippen LogP contribution is -2.47. The molecule has 0 aromatic heterocycles. The van der Waals surface area contributed by atoms with Crippen LogP contribution in [0.4, 0.5) is 4.39 Å². The second kappa shape index (κ2) is 5.62. The van der Waals surface area contributed by atoms with Crippen molar-refractivity contribution in [1.82, 2.24) is 5.32 Å². The Morgan fingerprint density at radius 2 is 2.26 bits per heavy atom. The zero-order valence-electron chi connectivity index (χ0n) is 10.6. The van der Waals surface area contributed by atoms with Gasteiger partial charge < -0.3 is 5.32 Å². The summed E-state index contributed by atoms with van der Waals surface area (Å²) in [5.41, 5.74) is -0.785. The average molecular weight is 278 g/mol. The third-order valence-corrected chi connectivity index (χ3v) is 4.27. The molecule has 2 rings (SSSR count). The highest BCUT2D eigenvalue weighted by Crippen LogP contribution is 2.39. The molecule has 1 aromatic rings. The van der Waals surface area contributed by atoms with E-state index in [2.05, 4.69) is 11.4 Å². The number of amides is 1. The monoisotopic (exact) mass is 278 g/mol. The van der Waals surface area contributed by atoms with E-state index in [1.54, 1.807) is 25.1 Å². The number of hydrogen-bond donors (Lipinski definition) is 1. The first kappa shape index (κ1) is 13.9. The molecule has 1 atom stereocenters. The van der Waals surface area contributed by atoms with Crippen LogP contribution in [0.15, 0.2) is 29.2 Å². The fraction of sp³-hybridized carbons (Fsp3) is 0.429. The van der Waals surface area contributed by atoms with Crippen molar-refractivity contribution < 1.29 is 9.18 Å². The van der Waals surface area contributed by atoms with Crippen molar-refractivity contribution in [2.75, 3.05) is 5.75 Å². The van der Waals surface area contributed by atoms with Crippen LogP contribution in [-0.4, -0.2) is 17.2 Å². The molecule has 19 heavy (non-hydrogen) atoms. The first-order valence-electron chi connectivity index (χ1n) is 6.15. The van der Waals surface area contributed by atoms with Gasteiger partial charge >= 0.3 is 0 Å². The third kappa shape index (κ3) is 3.48. The number of carbonyl (C=O) groups is 1. The largest absolute Gasteiger partial charge is 0.337 e.